The number of aldehydes is 1. The average molecular weight is 196 g/mol. The fourth-order valence-electron chi connectivity index (χ4n) is 3.20. The van der Waals surface area contributed by atoms with E-state index >= 15 is 0 Å². The molecule has 0 radical (unpaired) electrons. The lowest BCUT2D eigenvalue weighted by molar-refractivity contribution is -0.118. The highest BCUT2D eigenvalue weighted by Gasteiger charge is 2.52. The van der Waals surface area contributed by atoms with Gasteiger partial charge >= 0.3 is 0 Å². The normalized spacial score (nSPS) is 49.2. The molecule has 3 aliphatic rings. The highest BCUT2D eigenvalue weighted by Crippen LogP contribution is 2.58. The van der Waals surface area contributed by atoms with E-state index < -0.39 is 0 Å². The third-order valence-corrected chi connectivity index (χ3v) is 5.61. The Kier molecular flexibility index (Phi) is 1.77. The molecule has 0 aromatic heterocycles. The van der Waals surface area contributed by atoms with Gasteiger partial charge in [-0.1, -0.05) is 0 Å². The Morgan fingerprint density at radius 2 is 1.69 bits per heavy atom. The van der Waals surface area contributed by atoms with Crippen LogP contribution < -0.4 is 0 Å². The van der Waals surface area contributed by atoms with Crippen LogP contribution in [0.2, 0.25) is 0 Å². The Morgan fingerprint density at radius 3 is 2.15 bits per heavy atom. The van der Waals surface area contributed by atoms with E-state index in [1.807, 2.05) is 0 Å². The van der Waals surface area contributed by atoms with Crippen molar-refractivity contribution >= 4 is 18.0 Å². The topological polar surface area (TPSA) is 17.1 Å². The summed E-state index contributed by atoms with van der Waals surface area (Å²) in [6, 6.07) is 0. The number of fused-ring (bicyclic) bond motifs is 2. The van der Waals surface area contributed by atoms with Gasteiger partial charge in [-0.2, -0.15) is 11.8 Å². The second-order valence-electron chi connectivity index (χ2n) is 4.99. The number of hydrogen-bond acceptors (Lipinski definition) is 2. The lowest BCUT2D eigenvalue weighted by Gasteiger charge is -2.36. The van der Waals surface area contributed by atoms with Crippen molar-refractivity contribution in [3.63, 3.8) is 0 Å². The number of hydrogen-bond donors (Lipinski definition) is 0. The summed E-state index contributed by atoms with van der Waals surface area (Å²) >= 11 is 2.16. The summed E-state index contributed by atoms with van der Waals surface area (Å²) in [4.78, 5) is 11.3. The molecule has 0 amide bonds. The van der Waals surface area contributed by atoms with Crippen molar-refractivity contribution in [2.75, 3.05) is 0 Å². The molecule has 0 aromatic rings. The molecule has 1 nitrogen and oxygen atoms in total. The van der Waals surface area contributed by atoms with Gasteiger partial charge in [0.05, 0.1) is 0 Å². The fourth-order valence-corrected chi connectivity index (χ4v) is 5.10. The van der Waals surface area contributed by atoms with E-state index in [2.05, 4.69) is 11.8 Å². The summed E-state index contributed by atoms with van der Waals surface area (Å²) in [6.07, 6.45) is 9.10. The maximum atomic E-state index is 11.3. The zero-order valence-electron chi connectivity index (χ0n) is 7.87. The van der Waals surface area contributed by atoms with Crippen molar-refractivity contribution in [3.05, 3.63) is 0 Å². The van der Waals surface area contributed by atoms with Crippen molar-refractivity contribution < 1.29 is 4.79 Å². The number of thioether (sulfide) groups is 1. The molecule has 1 aliphatic carbocycles. The average Bonchev–Trinajstić information content (AvgIpc) is 2.94. The largest absolute Gasteiger partial charge is 0.303 e. The number of carbonyl (C=O) groups excluding carboxylic acids is 1. The summed E-state index contributed by atoms with van der Waals surface area (Å²) < 4.78 is 0. The smallest absolute Gasteiger partial charge is 0.126 e. The summed E-state index contributed by atoms with van der Waals surface area (Å²) in [5.74, 6) is 0.772. The van der Waals surface area contributed by atoms with Gasteiger partial charge in [-0.15, -0.1) is 0 Å². The number of carbonyl (C=O) groups is 1. The lowest BCUT2D eigenvalue weighted by Crippen LogP contribution is -2.34. The predicted octanol–water partition coefficient (Wildman–Crippen LogP) is 2.64. The first-order valence-corrected chi connectivity index (χ1v) is 6.38. The van der Waals surface area contributed by atoms with Gasteiger partial charge < -0.3 is 4.79 Å². The Labute approximate surface area is 83.7 Å². The number of rotatable bonds is 2. The fraction of sp³-hybridized carbons (Fsp3) is 0.909. The quantitative estimate of drug-likeness (QED) is 0.632. The van der Waals surface area contributed by atoms with E-state index in [4.69, 9.17) is 0 Å². The molecule has 2 heteroatoms. The van der Waals surface area contributed by atoms with Gasteiger partial charge in [0.15, 0.2) is 0 Å². The highest BCUT2D eigenvalue weighted by atomic mass is 32.2. The zero-order valence-corrected chi connectivity index (χ0v) is 8.69. The van der Waals surface area contributed by atoms with Gasteiger partial charge in [0.1, 0.15) is 6.29 Å². The Morgan fingerprint density at radius 1 is 1.08 bits per heavy atom. The molecule has 1 saturated carbocycles. The van der Waals surface area contributed by atoms with Gasteiger partial charge in [-0.25, -0.2) is 0 Å². The van der Waals surface area contributed by atoms with E-state index in [1.54, 1.807) is 0 Å². The SMILES string of the molecule is O=CC1(C2CC2)CC2CCC(C1)S2. The second-order valence-corrected chi connectivity index (χ2v) is 6.60. The van der Waals surface area contributed by atoms with E-state index in [1.165, 1.54) is 44.8 Å². The minimum atomic E-state index is 0.136. The molecule has 2 saturated heterocycles. The van der Waals surface area contributed by atoms with Crippen LogP contribution in [0.15, 0.2) is 0 Å². The lowest BCUT2D eigenvalue weighted by atomic mass is 9.77. The molecular formula is C11H16OS. The monoisotopic (exact) mass is 196 g/mol. The zero-order chi connectivity index (χ0) is 8.89. The van der Waals surface area contributed by atoms with E-state index in [-0.39, 0.29) is 5.41 Å². The van der Waals surface area contributed by atoms with Gasteiger partial charge in [-0.05, 0) is 44.4 Å². The molecule has 72 valence electrons. The highest BCUT2D eigenvalue weighted by molar-refractivity contribution is 8.00. The van der Waals surface area contributed by atoms with Gasteiger partial charge in [0.2, 0.25) is 0 Å². The first kappa shape index (κ1) is 8.34. The molecule has 0 N–H and O–H groups in total. The third-order valence-electron chi connectivity index (χ3n) is 4.04. The molecule has 2 aliphatic heterocycles. The molecule has 2 heterocycles. The van der Waals surface area contributed by atoms with Gasteiger partial charge in [0.25, 0.3) is 0 Å². The molecule has 0 aromatic carbocycles. The van der Waals surface area contributed by atoms with Crippen LogP contribution in [-0.2, 0) is 4.79 Å². The summed E-state index contributed by atoms with van der Waals surface area (Å²) in [5, 5.41) is 1.65. The Hall–Kier alpha value is 0.0200. The Bertz CT molecular complexity index is 222. The molecule has 13 heavy (non-hydrogen) atoms. The van der Waals surface area contributed by atoms with Crippen molar-refractivity contribution in [3.8, 4) is 0 Å². The van der Waals surface area contributed by atoms with Crippen LogP contribution in [0, 0.1) is 11.3 Å². The molecule has 2 unspecified atom stereocenters. The van der Waals surface area contributed by atoms with Crippen molar-refractivity contribution in [1.29, 1.82) is 0 Å². The standard InChI is InChI=1S/C11H16OS/c12-7-11(8-1-2-8)5-9-3-4-10(6-11)13-9/h7-10H,1-6H2. The van der Waals surface area contributed by atoms with E-state index in [0.717, 1.165) is 16.4 Å². The third kappa shape index (κ3) is 1.25. The van der Waals surface area contributed by atoms with Crippen molar-refractivity contribution in [2.24, 2.45) is 11.3 Å². The molecule has 2 atom stereocenters. The second kappa shape index (κ2) is 2.75. The summed E-state index contributed by atoms with van der Waals surface area (Å²) in [6.45, 7) is 0. The molecule has 3 rings (SSSR count). The van der Waals surface area contributed by atoms with Crippen LogP contribution in [0.4, 0.5) is 0 Å². The van der Waals surface area contributed by atoms with Crippen molar-refractivity contribution in [1.82, 2.24) is 0 Å². The van der Waals surface area contributed by atoms with Gasteiger partial charge in [0, 0.05) is 15.9 Å². The minimum Gasteiger partial charge on any atom is -0.303 e. The van der Waals surface area contributed by atoms with Gasteiger partial charge in [-0.3, -0.25) is 0 Å². The maximum absolute atomic E-state index is 11.3. The summed E-state index contributed by atoms with van der Waals surface area (Å²) in [5.41, 5.74) is 0.136. The van der Waals surface area contributed by atoms with Crippen LogP contribution in [0.25, 0.3) is 0 Å². The predicted molar refractivity (Wildman–Crippen MR) is 54.9 cm³/mol. The first-order valence-electron chi connectivity index (χ1n) is 5.44. The van der Waals surface area contributed by atoms with Crippen LogP contribution in [-0.4, -0.2) is 16.8 Å². The molecule has 3 fully saturated rings. The van der Waals surface area contributed by atoms with Crippen LogP contribution in [0.5, 0.6) is 0 Å². The van der Waals surface area contributed by atoms with E-state index in [9.17, 15) is 4.79 Å². The van der Waals surface area contributed by atoms with Crippen LogP contribution >= 0.6 is 11.8 Å². The Balaban J connectivity index is 1.85. The molecule has 2 bridgehead atoms. The van der Waals surface area contributed by atoms with E-state index in [0.29, 0.717) is 0 Å². The van der Waals surface area contributed by atoms with Crippen LogP contribution in [0.1, 0.15) is 38.5 Å². The van der Waals surface area contributed by atoms with Crippen LogP contribution in [0.3, 0.4) is 0 Å². The minimum absolute atomic E-state index is 0.136. The summed E-state index contributed by atoms with van der Waals surface area (Å²) in [7, 11) is 0. The van der Waals surface area contributed by atoms with Crippen molar-refractivity contribution in [2.45, 2.75) is 49.0 Å². The maximum Gasteiger partial charge on any atom is 0.126 e. The molecule has 0 spiro atoms. The first-order chi connectivity index (χ1) is 6.32. The molecular weight excluding hydrogens is 180 g/mol.